The van der Waals surface area contributed by atoms with Crippen LogP contribution in [-0.2, 0) is 0 Å². The molecular formula is C14H19N3O3. The molecule has 2 rings (SSSR count). The highest BCUT2D eigenvalue weighted by Crippen LogP contribution is 2.25. The third-order valence-electron chi connectivity index (χ3n) is 3.78. The van der Waals surface area contributed by atoms with Crippen LogP contribution in [0.4, 0.5) is 0 Å². The predicted molar refractivity (Wildman–Crippen MR) is 74.9 cm³/mol. The lowest BCUT2D eigenvalue weighted by Crippen LogP contribution is -2.41. The molecule has 6 heteroatoms. The number of nitrogens with zero attached hydrogens (tertiary/aromatic N) is 2. The van der Waals surface area contributed by atoms with Gasteiger partial charge in [0.05, 0.1) is 5.56 Å². The van der Waals surface area contributed by atoms with Crippen molar-refractivity contribution in [2.75, 3.05) is 13.1 Å². The number of amidine groups is 1. The number of rotatable bonds is 2. The fourth-order valence-electron chi connectivity index (χ4n) is 2.46. The highest BCUT2D eigenvalue weighted by molar-refractivity contribution is 5.97. The van der Waals surface area contributed by atoms with Gasteiger partial charge in [-0.3, -0.25) is 4.79 Å². The first kappa shape index (κ1) is 14.2. The van der Waals surface area contributed by atoms with Gasteiger partial charge in [-0.2, -0.15) is 0 Å². The topological polar surface area (TPSA) is 99.2 Å². The first-order valence-electron chi connectivity index (χ1n) is 6.60. The number of likely N-dealkylation sites (tertiary alicyclic amines) is 1. The zero-order chi connectivity index (χ0) is 14.7. The Balaban J connectivity index is 2.07. The number of carbonyl (C=O) groups is 1. The summed E-state index contributed by atoms with van der Waals surface area (Å²) >= 11 is 0. The quantitative estimate of drug-likeness (QED) is 0.328. The van der Waals surface area contributed by atoms with Gasteiger partial charge in [-0.15, -0.1) is 0 Å². The number of oxime groups is 1. The number of aromatic hydroxyl groups is 1. The highest BCUT2D eigenvalue weighted by Gasteiger charge is 2.27. The molecule has 1 saturated heterocycles. The summed E-state index contributed by atoms with van der Waals surface area (Å²) in [4.78, 5) is 14.1. The Morgan fingerprint density at radius 2 is 2.05 bits per heavy atom. The summed E-state index contributed by atoms with van der Waals surface area (Å²) in [7, 11) is 0. The Hall–Kier alpha value is -2.24. The van der Waals surface area contributed by atoms with E-state index in [0.29, 0.717) is 37.1 Å². The minimum atomic E-state index is -0.177. The molecule has 1 aliphatic heterocycles. The lowest BCUT2D eigenvalue weighted by Gasteiger charge is -2.31. The fraction of sp³-hybridized carbons (Fsp3) is 0.429. The number of piperidine rings is 1. The smallest absolute Gasteiger partial charge is 0.257 e. The van der Waals surface area contributed by atoms with Crippen LogP contribution in [0.3, 0.4) is 0 Å². The average Bonchev–Trinajstić information content (AvgIpc) is 2.48. The molecule has 1 aliphatic rings. The highest BCUT2D eigenvalue weighted by atomic mass is 16.4. The Kier molecular flexibility index (Phi) is 4.12. The third-order valence-corrected chi connectivity index (χ3v) is 3.78. The Morgan fingerprint density at radius 3 is 2.65 bits per heavy atom. The van der Waals surface area contributed by atoms with Crippen molar-refractivity contribution in [3.05, 3.63) is 29.3 Å². The van der Waals surface area contributed by atoms with Gasteiger partial charge in [0.15, 0.2) is 0 Å². The third kappa shape index (κ3) is 2.68. The molecule has 1 fully saturated rings. The van der Waals surface area contributed by atoms with Crippen LogP contribution in [0.25, 0.3) is 0 Å². The molecule has 0 atom stereocenters. The van der Waals surface area contributed by atoms with Crippen molar-refractivity contribution < 1.29 is 15.1 Å². The number of amides is 1. The molecule has 0 unspecified atom stereocenters. The number of para-hydroxylation sites is 1. The number of aryl methyl sites for hydroxylation is 1. The number of carbonyl (C=O) groups excluding carboxylic acids is 1. The number of benzene rings is 1. The average molecular weight is 277 g/mol. The first-order chi connectivity index (χ1) is 9.54. The summed E-state index contributed by atoms with van der Waals surface area (Å²) in [6, 6.07) is 5.14. The van der Waals surface area contributed by atoms with Crippen molar-refractivity contribution in [2.45, 2.75) is 19.8 Å². The van der Waals surface area contributed by atoms with Crippen LogP contribution in [0.15, 0.2) is 23.4 Å². The van der Waals surface area contributed by atoms with Gasteiger partial charge in [0.2, 0.25) is 0 Å². The van der Waals surface area contributed by atoms with Crippen LogP contribution in [0.2, 0.25) is 0 Å². The van der Waals surface area contributed by atoms with Gasteiger partial charge in [-0.25, -0.2) is 0 Å². The maximum Gasteiger partial charge on any atom is 0.257 e. The van der Waals surface area contributed by atoms with E-state index < -0.39 is 0 Å². The Bertz CT molecular complexity index is 534. The standard InChI is InChI=1S/C14H19N3O3/c1-9-3-2-4-11(12(9)18)14(19)17-7-5-10(6-8-17)13(15)16-20/h2-4,10,18,20H,5-8H2,1H3,(H2,15,16). The molecule has 108 valence electrons. The van der Waals surface area contributed by atoms with E-state index in [-0.39, 0.29) is 23.4 Å². The zero-order valence-corrected chi connectivity index (χ0v) is 11.4. The molecule has 1 aromatic rings. The van der Waals surface area contributed by atoms with Crippen LogP contribution < -0.4 is 5.73 Å². The van der Waals surface area contributed by atoms with E-state index in [2.05, 4.69) is 5.16 Å². The Labute approximate surface area is 117 Å². The van der Waals surface area contributed by atoms with E-state index in [4.69, 9.17) is 10.9 Å². The summed E-state index contributed by atoms with van der Waals surface area (Å²) in [5.41, 5.74) is 6.59. The number of nitrogens with two attached hydrogens (primary N) is 1. The molecule has 0 bridgehead atoms. The van der Waals surface area contributed by atoms with E-state index in [1.807, 2.05) is 0 Å². The molecule has 4 N–H and O–H groups in total. The van der Waals surface area contributed by atoms with Crippen molar-refractivity contribution in [3.8, 4) is 5.75 Å². The van der Waals surface area contributed by atoms with Gasteiger partial charge in [0.1, 0.15) is 11.6 Å². The van der Waals surface area contributed by atoms with E-state index in [1.165, 1.54) is 0 Å². The molecule has 6 nitrogen and oxygen atoms in total. The largest absolute Gasteiger partial charge is 0.507 e. The molecule has 0 aromatic heterocycles. The van der Waals surface area contributed by atoms with Gasteiger partial charge >= 0.3 is 0 Å². The number of phenols is 1. The molecule has 1 amide bonds. The molecule has 0 aliphatic carbocycles. The van der Waals surface area contributed by atoms with E-state index in [9.17, 15) is 9.90 Å². The predicted octanol–water partition coefficient (Wildman–Crippen LogP) is 1.30. The van der Waals surface area contributed by atoms with Crippen molar-refractivity contribution in [2.24, 2.45) is 16.8 Å². The fourth-order valence-corrected chi connectivity index (χ4v) is 2.46. The summed E-state index contributed by atoms with van der Waals surface area (Å²) in [5.74, 6) is 0.0888. The minimum Gasteiger partial charge on any atom is -0.507 e. The number of hydrogen-bond donors (Lipinski definition) is 3. The van der Waals surface area contributed by atoms with Gasteiger partial charge in [0.25, 0.3) is 5.91 Å². The number of hydrogen-bond acceptors (Lipinski definition) is 4. The van der Waals surface area contributed by atoms with Gasteiger partial charge in [-0.1, -0.05) is 17.3 Å². The van der Waals surface area contributed by atoms with Crippen LogP contribution in [0, 0.1) is 12.8 Å². The maximum absolute atomic E-state index is 12.4. The second-order valence-electron chi connectivity index (χ2n) is 5.06. The van der Waals surface area contributed by atoms with Crippen molar-refractivity contribution in [1.29, 1.82) is 0 Å². The van der Waals surface area contributed by atoms with Crippen molar-refractivity contribution in [3.63, 3.8) is 0 Å². The van der Waals surface area contributed by atoms with E-state index in [0.717, 1.165) is 0 Å². The maximum atomic E-state index is 12.4. The summed E-state index contributed by atoms with van der Waals surface area (Å²) in [5, 5.41) is 21.6. The molecule has 1 heterocycles. The lowest BCUT2D eigenvalue weighted by molar-refractivity contribution is 0.0706. The second-order valence-corrected chi connectivity index (χ2v) is 5.06. The molecule has 0 spiro atoms. The zero-order valence-electron chi connectivity index (χ0n) is 11.4. The van der Waals surface area contributed by atoms with Gasteiger partial charge in [-0.05, 0) is 31.4 Å². The minimum absolute atomic E-state index is 0.00940. The molecule has 1 aromatic carbocycles. The SMILES string of the molecule is Cc1cccc(C(=O)N2CCC(C(N)=NO)CC2)c1O. The molecular weight excluding hydrogens is 258 g/mol. The van der Waals surface area contributed by atoms with Crippen LogP contribution in [0.5, 0.6) is 5.75 Å². The molecule has 20 heavy (non-hydrogen) atoms. The van der Waals surface area contributed by atoms with Crippen molar-refractivity contribution >= 4 is 11.7 Å². The van der Waals surface area contributed by atoms with Gasteiger partial charge < -0.3 is 20.9 Å². The van der Waals surface area contributed by atoms with E-state index in [1.54, 1.807) is 30.0 Å². The number of phenolic OH excluding ortho intramolecular Hbond substituents is 1. The summed E-state index contributed by atoms with van der Waals surface area (Å²) < 4.78 is 0. The monoisotopic (exact) mass is 277 g/mol. The van der Waals surface area contributed by atoms with Crippen molar-refractivity contribution in [1.82, 2.24) is 4.90 Å². The van der Waals surface area contributed by atoms with Crippen LogP contribution >= 0.6 is 0 Å². The van der Waals surface area contributed by atoms with Crippen LogP contribution in [-0.4, -0.2) is 40.0 Å². The summed E-state index contributed by atoms with van der Waals surface area (Å²) in [6.45, 7) is 2.83. The normalized spacial score (nSPS) is 17.2. The van der Waals surface area contributed by atoms with Gasteiger partial charge in [0, 0.05) is 19.0 Å². The Morgan fingerprint density at radius 1 is 1.40 bits per heavy atom. The molecule has 0 saturated carbocycles. The second kappa shape index (κ2) is 5.81. The van der Waals surface area contributed by atoms with E-state index >= 15 is 0 Å². The van der Waals surface area contributed by atoms with Crippen LogP contribution in [0.1, 0.15) is 28.8 Å². The summed E-state index contributed by atoms with van der Waals surface area (Å²) in [6.07, 6.45) is 1.32. The first-order valence-corrected chi connectivity index (χ1v) is 6.60. The lowest BCUT2D eigenvalue weighted by atomic mass is 9.95. The molecule has 0 radical (unpaired) electrons.